The molecule has 1 fully saturated rings. The molecule has 9 heteroatoms. The van der Waals surface area contributed by atoms with E-state index in [-0.39, 0.29) is 17.7 Å². The molecule has 1 saturated carbocycles. The Hall–Kier alpha value is -2.49. The number of aromatic nitrogens is 1. The molecule has 1 aliphatic rings. The fraction of sp³-hybridized carbons (Fsp3) is 0.500. The summed E-state index contributed by atoms with van der Waals surface area (Å²) in [4.78, 5) is 30.3. The van der Waals surface area contributed by atoms with Gasteiger partial charge in [-0.05, 0) is 84.3 Å². The van der Waals surface area contributed by atoms with Crippen molar-refractivity contribution >= 4 is 27.7 Å². The summed E-state index contributed by atoms with van der Waals surface area (Å²) >= 11 is 3.36. The van der Waals surface area contributed by atoms with Gasteiger partial charge in [-0.2, -0.15) is 0 Å². The number of nitrogens with two attached hydrogens (primary N) is 1. The first-order valence-corrected chi connectivity index (χ1v) is 12.9. The van der Waals surface area contributed by atoms with E-state index in [0.717, 1.165) is 35.7 Å². The minimum absolute atomic E-state index is 0.0658. The van der Waals surface area contributed by atoms with E-state index >= 15 is 0 Å². The van der Waals surface area contributed by atoms with Gasteiger partial charge in [0, 0.05) is 49.3 Å². The van der Waals surface area contributed by atoms with Crippen LogP contribution < -0.4 is 21.1 Å². The monoisotopic (exact) mass is 546 g/mol. The lowest BCUT2D eigenvalue weighted by Gasteiger charge is -2.28. The first-order valence-electron chi connectivity index (χ1n) is 12.1. The predicted octanol–water partition coefficient (Wildman–Crippen LogP) is 3.58. The van der Waals surface area contributed by atoms with Gasteiger partial charge in [-0.25, -0.2) is 4.98 Å². The minimum Gasteiger partial charge on any atom is -0.439 e. The quantitative estimate of drug-likeness (QED) is 0.350. The van der Waals surface area contributed by atoms with Gasteiger partial charge in [0.15, 0.2) is 0 Å². The van der Waals surface area contributed by atoms with Gasteiger partial charge in [0.1, 0.15) is 11.8 Å². The molecule has 2 aromatic rings. The maximum atomic E-state index is 13.0. The average molecular weight is 547 g/mol. The molecule has 0 aliphatic heterocycles. The summed E-state index contributed by atoms with van der Waals surface area (Å²) < 4.78 is 11.8. The second kappa shape index (κ2) is 14.2. The molecule has 4 N–H and O–H groups in total. The average Bonchev–Trinajstić information content (AvgIpc) is 2.87. The van der Waals surface area contributed by atoms with Crippen LogP contribution in [0.4, 0.5) is 0 Å². The van der Waals surface area contributed by atoms with Crippen molar-refractivity contribution in [2.24, 2.45) is 17.6 Å². The van der Waals surface area contributed by atoms with E-state index in [1.807, 2.05) is 30.3 Å². The zero-order chi connectivity index (χ0) is 25.0. The summed E-state index contributed by atoms with van der Waals surface area (Å²) in [5.41, 5.74) is 6.67. The molecule has 8 nitrogen and oxygen atoms in total. The molecule has 190 valence electrons. The molecule has 0 radical (unpaired) electrons. The number of carbonyl (C=O) groups is 2. The second-order valence-corrected chi connectivity index (χ2v) is 9.84. The summed E-state index contributed by atoms with van der Waals surface area (Å²) in [6.45, 7) is 1.71. The Labute approximate surface area is 215 Å². The first kappa shape index (κ1) is 27.1. The van der Waals surface area contributed by atoms with E-state index in [1.165, 1.54) is 0 Å². The van der Waals surface area contributed by atoms with Crippen LogP contribution in [0.1, 0.15) is 37.7 Å². The Morgan fingerprint density at radius 3 is 2.69 bits per heavy atom. The Kier molecular flexibility index (Phi) is 11.0. The minimum atomic E-state index is -0.682. The van der Waals surface area contributed by atoms with Gasteiger partial charge in [-0.3, -0.25) is 9.59 Å². The number of ether oxygens (including phenoxy) is 2. The number of rotatable bonds is 12. The molecular formula is C26H35BrN4O4. The van der Waals surface area contributed by atoms with Crippen LogP contribution in [-0.4, -0.2) is 49.6 Å². The smallest absolute Gasteiger partial charge is 0.242 e. The molecule has 3 rings (SSSR count). The maximum absolute atomic E-state index is 13.0. The molecule has 1 aromatic carbocycles. The molecule has 1 atom stereocenters. The van der Waals surface area contributed by atoms with Crippen LogP contribution in [0, 0.1) is 11.8 Å². The standard InChI is InChI=1S/C26H35BrN4O4/c1-34-13-3-12-29-26(33)23(31-25(32)20-8-6-18(16-28)7-9-20)15-19-4-2-5-22(14-19)35-24-11-10-21(27)17-30-24/h2,4-5,10-11,14,17-18,20,23H,3,6-9,12-13,15-16,28H2,1H3,(H,29,33)(H,31,32). The van der Waals surface area contributed by atoms with E-state index in [2.05, 4.69) is 31.5 Å². The summed E-state index contributed by atoms with van der Waals surface area (Å²) in [5.74, 6) is 1.22. The molecule has 0 saturated heterocycles. The number of methoxy groups -OCH3 is 1. The van der Waals surface area contributed by atoms with Gasteiger partial charge in [0.25, 0.3) is 0 Å². The van der Waals surface area contributed by atoms with Crippen molar-refractivity contribution < 1.29 is 19.1 Å². The number of pyridine rings is 1. The third-order valence-corrected chi connectivity index (χ3v) is 6.74. The van der Waals surface area contributed by atoms with Crippen LogP contribution in [0.5, 0.6) is 11.6 Å². The molecule has 35 heavy (non-hydrogen) atoms. The van der Waals surface area contributed by atoms with E-state index in [9.17, 15) is 9.59 Å². The lowest BCUT2D eigenvalue weighted by Crippen LogP contribution is -2.50. The lowest BCUT2D eigenvalue weighted by atomic mass is 9.81. The van der Waals surface area contributed by atoms with E-state index < -0.39 is 6.04 Å². The van der Waals surface area contributed by atoms with Crippen LogP contribution in [0.2, 0.25) is 0 Å². The normalized spacial score (nSPS) is 18.5. The van der Waals surface area contributed by atoms with Crippen molar-refractivity contribution in [1.82, 2.24) is 15.6 Å². The zero-order valence-electron chi connectivity index (χ0n) is 20.2. The zero-order valence-corrected chi connectivity index (χ0v) is 21.8. The first-order chi connectivity index (χ1) is 17.0. The van der Waals surface area contributed by atoms with Crippen molar-refractivity contribution in [2.75, 3.05) is 26.8 Å². The van der Waals surface area contributed by atoms with Crippen LogP contribution >= 0.6 is 15.9 Å². The second-order valence-electron chi connectivity index (χ2n) is 8.92. The topological polar surface area (TPSA) is 116 Å². The number of hydrogen-bond acceptors (Lipinski definition) is 6. The molecule has 0 spiro atoms. The van der Waals surface area contributed by atoms with Crippen LogP contribution in [0.15, 0.2) is 47.1 Å². The van der Waals surface area contributed by atoms with E-state index in [0.29, 0.717) is 50.1 Å². The highest BCUT2D eigenvalue weighted by atomic mass is 79.9. The van der Waals surface area contributed by atoms with Crippen molar-refractivity contribution in [2.45, 2.75) is 44.6 Å². The lowest BCUT2D eigenvalue weighted by molar-refractivity contribution is -0.131. The summed E-state index contributed by atoms with van der Waals surface area (Å²) in [7, 11) is 1.63. The highest BCUT2D eigenvalue weighted by Gasteiger charge is 2.29. The highest BCUT2D eigenvalue weighted by molar-refractivity contribution is 9.10. The number of carbonyl (C=O) groups excluding carboxylic acids is 2. The van der Waals surface area contributed by atoms with Gasteiger partial charge in [0.05, 0.1) is 0 Å². The maximum Gasteiger partial charge on any atom is 0.242 e. The summed E-state index contributed by atoms with van der Waals surface area (Å²) in [6, 6.07) is 10.4. The summed E-state index contributed by atoms with van der Waals surface area (Å²) in [5, 5.41) is 5.94. The van der Waals surface area contributed by atoms with Crippen molar-refractivity contribution in [1.29, 1.82) is 0 Å². The molecule has 2 amide bonds. The number of amides is 2. The molecule has 1 heterocycles. The van der Waals surface area contributed by atoms with E-state index in [4.69, 9.17) is 15.2 Å². The third-order valence-electron chi connectivity index (χ3n) is 6.27. The molecule has 1 aliphatic carbocycles. The SMILES string of the molecule is COCCCNC(=O)C(Cc1cccc(Oc2ccc(Br)cn2)c1)NC(=O)C1CCC(CN)CC1. The van der Waals surface area contributed by atoms with Crippen LogP contribution in [0.25, 0.3) is 0 Å². The number of halogens is 1. The van der Waals surface area contributed by atoms with Crippen molar-refractivity contribution in [3.8, 4) is 11.6 Å². The summed E-state index contributed by atoms with van der Waals surface area (Å²) in [6.07, 6.45) is 6.23. The fourth-order valence-corrected chi connectivity index (χ4v) is 4.46. The molecule has 0 bridgehead atoms. The third kappa shape index (κ3) is 8.91. The highest BCUT2D eigenvalue weighted by Crippen LogP contribution is 2.28. The number of nitrogens with zero attached hydrogens (tertiary/aromatic N) is 1. The Morgan fingerprint density at radius 2 is 2.00 bits per heavy atom. The van der Waals surface area contributed by atoms with Crippen molar-refractivity contribution in [3.05, 3.63) is 52.6 Å². The number of hydrogen-bond donors (Lipinski definition) is 3. The van der Waals surface area contributed by atoms with Crippen molar-refractivity contribution in [3.63, 3.8) is 0 Å². The molecule has 1 unspecified atom stereocenters. The van der Waals surface area contributed by atoms with Crippen LogP contribution in [-0.2, 0) is 20.7 Å². The van der Waals surface area contributed by atoms with Gasteiger partial charge < -0.3 is 25.8 Å². The number of nitrogens with one attached hydrogen (secondary N) is 2. The van der Waals surface area contributed by atoms with Gasteiger partial charge >= 0.3 is 0 Å². The molecule has 1 aromatic heterocycles. The Bertz CT molecular complexity index is 949. The molecular weight excluding hydrogens is 512 g/mol. The van der Waals surface area contributed by atoms with Gasteiger partial charge in [0.2, 0.25) is 17.7 Å². The van der Waals surface area contributed by atoms with Crippen LogP contribution in [0.3, 0.4) is 0 Å². The Morgan fingerprint density at radius 1 is 1.20 bits per heavy atom. The van der Waals surface area contributed by atoms with Gasteiger partial charge in [-0.15, -0.1) is 0 Å². The van der Waals surface area contributed by atoms with Gasteiger partial charge in [-0.1, -0.05) is 12.1 Å². The Balaban J connectivity index is 1.66. The number of benzene rings is 1. The fourth-order valence-electron chi connectivity index (χ4n) is 4.23. The predicted molar refractivity (Wildman–Crippen MR) is 138 cm³/mol. The largest absolute Gasteiger partial charge is 0.439 e. The van der Waals surface area contributed by atoms with E-state index in [1.54, 1.807) is 19.4 Å².